The molecule has 35 heavy (non-hydrogen) atoms. The molecule has 0 saturated carbocycles. The smallest absolute Gasteiger partial charge is 0.195 e. The van der Waals surface area contributed by atoms with Crippen LogP contribution in [0.15, 0.2) is 66.7 Å². The summed E-state index contributed by atoms with van der Waals surface area (Å²) in [6, 6.07) is 19.3. The van der Waals surface area contributed by atoms with Crippen molar-refractivity contribution < 1.29 is 19.7 Å². The van der Waals surface area contributed by atoms with E-state index >= 15 is 0 Å². The number of aromatic hydroxyl groups is 2. The number of thiophene rings is 1. The topological polar surface area (TPSA) is 70.0 Å². The van der Waals surface area contributed by atoms with Gasteiger partial charge in [0.15, 0.2) is 5.78 Å². The van der Waals surface area contributed by atoms with E-state index in [1.807, 2.05) is 24.3 Å². The number of hydrogen-bond acceptors (Lipinski definition) is 6. The van der Waals surface area contributed by atoms with E-state index in [9.17, 15) is 15.0 Å². The maximum absolute atomic E-state index is 13.7. The summed E-state index contributed by atoms with van der Waals surface area (Å²) in [5.41, 5.74) is 2.03. The zero-order valence-corrected chi connectivity index (χ0v) is 20.6. The second kappa shape index (κ2) is 10.1. The summed E-state index contributed by atoms with van der Waals surface area (Å²) in [7, 11) is 0. The minimum atomic E-state index is -0.0811. The van der Waals surface area contributed by atoms with E-state index in [4.69, 9.17) is 4.74 Å². The van der Waals surface area contributed by atoms with Crippen molar-refractivity contribution in [2.24, 2.45) is 5.92 Å². The standard InChI is InChI=1S/C29H29NO4S/c1-2-30-15-3-4-19(17-30)18-34-24-12-7-20(8-13-24)28(33)27-25-14-11-23(32)16-26(25)35-29(27)21-5-9-22(31)10-6-21/h5-14,16,19,31-32H,2-4,15,17-18H2,1H3. The van der Waals surface area contributed by atoms with Crippen molar-refractivity contribution in [3.63, 3.8) is 0 Å². The number of carbonyl (C=O) groups excluding carboxylic acids is 1. The summed E-state index contributed by atoms with van der Waals surface area (Å²) in [5, 5.41) is 20.5. The molecule has 1 aliphatic rings. The first-order valence-corrected chi connectivity index (χ1v) is 12.9. The molecule has 0 amide bonds. The maximum atomic E-state index is 13.7. The fraction of sp³-hybridized carbons (Fsp3) is 0.276. The Morgan fingerprint density at radius 1 is 1.03 bits per heavy atom. The van der Waals surface area contributed by atoms with Crippen LogP contribution in [-0.4, -0.2) is 47.1 Å². The van der Waals surface area contributed by atoms with E-state index in [-0.39, 0.29) is 17.3 Å². The lowest BCUT2D eigenvalue weighted by atomic mass is 9.97. The largest absolute Gasteiger partial charge is 0.508 e. The van der Waals surface area contributed by atoms with Crippen molar-refractivity contribution in [2.45, 2.75) is 19.8 Å². The predicted octanol–water partition coefficient (Wildman–Crippen LogP) is 6.32. The number of benzene rings is 3. The van der Waals surface area contributed by atoms with Gasteiger partial charge >= 0.3 is 0 Å². The molecule has 0 spiro atoms. The first-order chi connectivity index (χ1) is 17.0. The van der Waals surface area contributed by atoms with E-state index < -0.39 is 0 Å². The Balaban J connectivity index is 1.40. The monoisotopic (exact) mass is 487 g/mol. The van der Waals surface area contributed by atoms with Gasteiger partial charge in [0, 0.05) is 38.6 Å². The molecular formula is C29H29NO4S. The number of piperidine rings is 1. The second-order valence-electron chi connectivity index (χ2n) is 9.10. The normalized spacial score (nSPS) is 16.4. The van der Waals surface area contributed by atoms with Gasteiger partial charge in [-0.15, -0.1) is 11.3 Å². The summed E-state index contributed by atoms with van der Waals surface area (Å²) in [6.07, 6.45) is 2.40. The van der Waals surface area contributed by atoms with Gasteiger partial charge in [-0.1, -0.05) is 6.92 Å². The van der Waals surface area contributed by atoms with E-state index in [0.29, 0.717) is 23.7 Å². The first-order valence-electron chi connectivity index (χ1n) is 12.1. The summed E-state index contributed by atoms with van der Waals surface area (Å²) >= 11 is 1.46. The van der Waals surface area contributed by atoms with E-state index in [2.05, 4.69) is 11.8 Å². The van der Waals surface area contributed by atoms with Crippen molar-refractivity contribution in [1.82, 2.24) is 4.90 Å². The van der Waals surface area contributed by atoms with Crippen LogP contribution >= 0.6 is 11.3 Å². The number of carbonyl (C=O) groups is 1. The third-order valence-electron chi connectivity index (χ3n) is 6.68. The Labute approximate surface area is 209 Å². The number of ether oxygens (including phenoxy) is 1. The molecule has 1 fully saturated rings. The third-order valence-corrected chi connectivity index (χ3v) is 7.88. The quantitative estimate of drug-likeness (QED) is 0.299. The number of phenolic OH excluding ortho intramolecular Hbond substituents is 2. The lowest BCUT2D eigenvalue weighted by Gasteiger charge is -2.31. The Kier molecular flexibility index (Phi) is 6.75. The molecule has 1 aliphatic heterocycles. The molecule has 5 rings (SSSR count). The third kappa shape index (κ3) is 5.04. The van der Waals surface area contributed by atoms with Crippen molar-refractivity contribution in [3.8, 4) is 27.7 Å². The number of rotatable bonds is 7. The van der Waals surface area contributed by atoms with Crippen LogP contribution in [-0.2, 0) is 0 Å². The minimum Gasteiger partial charge on any atom is -0.508 e. The number of phenols is 2. The van der Waals surface area contributed by atoms with Gasteiger partial charge in [-0.25, -0.2) is 0 Å². The van der Waals surface area contributed by atoms with Gasteiger partial charge in [-0.05, 0) is 98.2 Å². The van der Waals surface area contributed by atoms with Crippen molar-refractivity contribution in [3.05, 3.63) is 77.9 Å². The molecule has 180 valence electrons. The van der Waals surface area contributed by atoms with Crippen molar-refractivity contribution >= 4 is 27.2 Å². The van der Waals surface area contributed by atoms with E-state index in [0.717, 1.165) is 39.4 Å². The highest BCUT2D eigenvalue weighted by Crippen LogP contribution is 2.41. The molecule has 1 aromatic heterocycles. The Morgan fingerprint density at radius 2 is 1.77 bits per heavy atom. The van der Waals surface area contributed by atoms with Gasteiger partial charge in [-0.3, -0.25) is 4.79 Å². The number of hydrogen-bond donors (Lipinski definition) is 2. The average Bonchev–Trinajstić information content (AvgIpc) is 3.26. The highest BCUT2D eigenvalue weighted by molar-refractivity contribution is 7.22. The van der Waals surface area contributed by atoms with Crippen LogP contribution < -0.4 is 4.74 Å². The van der Waals surface area contributed by atoms with Gasteiger partial charge in [0.25, 0.3) is 0 Å². The molecule has 0 radical (unpaired) electrons. The number of ketones is 1. The lowest BCUT2D eigenvalue weighted by molar-refractivity contribution is 0.104. The van der Waals surface area contributed by atoms with Crippen LogP contribution in [0.25, 0.3) is 20.5 Å². The van der Waals surface area contributed by atoms with Crippen LogP contribution in [0.5, 0.6) is 17.2 Å². The molecule has 4 aromatic rings. The second-order valence-corrected chi connectivity index (χ2v) is 10.2. The SMILES string of the molecule is CCN1CCCC(COc2ccc(C(=O)c3c(-c4ccc(O)cc4)sc4cc(O)ccc34)cc2)C1. The van der Waals surface area contributed by atoms with Crippen LogP contribution in [0, 0.1) is 5.92 Å². The van der Waals surface area contributed by atoms with Crippen LogP contribution in [0.3, 0.4) is 0 Å². The number of fused-ring (bicyclic) bond motifs is 1. The highest BCUT2D eigenvalue weighted by Gasteiger charge is 2.22. The Hall–Kier alpha value is -3.35. The lowest BCUT2D eigenvalue weighted by Crippen LogP contribution is -2.37. The first kappa shape index (κ1) is 23.4. The van der Waals surface area contributed by atoms with Gasteiger partial charge in [0.2, 0.25) is 0 Å². The molecule has 1 unspecified atom stereocenters. The molecular weight excluding hydrogens is 458 g/mol. The molecule has 3 aromatic carbocycles. The van der Waals surface area contributed by atoms with Crippen LogP contribution in [0.4, 0.5) is 0 Å². The predicted molar refractivity (Wildman–Crippen MR) is 141 cm³/mol. The van der Waals surface area contributed by atoms with Gasteiger partial charge in [-0.2, -0.15) is 0 Å². The average molecular weight is 488 g/mol. The molecule has 2 N–H and O–H groups in total. The fourth-order valence-electron chi connectivity index (χ4n) is 4.76. The zero-order valence-electron chi connectivity index (χ0n) is 19.7. The molecule has 1 saturated heterocycles. The van der Waals surface area contributed by atoms with E-state index in [1.165, 1.54) is 30.7 Å². The zero-order chi connectivity index (χ0) is 24.4. The van der Waals surface area contributed by atoms with Gasteiger partial charge in [0.05, 0.1) is 6.61 Å². The van der Waals surface area contributed by atoms with Crippen LogP contribution in [0.2, 0.25) is 0 Å². The highest BCUT2D eigenvalue weighted by atomic mass is 32.1. The van der Waals surface area contributed by atoms with E-state index in [1.54, 1.807) is 42.5 Å². The summed E-state index contributed by atoms with van der Waals surface area (Å²) in [6.45, 7) is 6.22. The number of likely N-dealkylation sites (tertiary alicyclic amines) is 1. The molecule has 2 heterocycles. The summed E-state index contributed by atoms with van der Waals surface area (Å²) in [5.74, 6) is 1.56. The van der Waals surface area contributed by atoms with Gasteiger partial charge in [0.1, 0.15) is 17.2 Å². The molecule has 5 nitrogen and oxygen atoms in total. The number of nitrogens with zero attached hydrogens (tertiary/aromatic N) is 1. The molecule has 6 heteroatoms. The minimum absolute atomic E-state index is 0.0811. The van der Waals surface area contributed by atoms with Gasteiger partial charge < -0.3 is 19.8 Å². The van der Waals surface area contributed by atoms with Crippen molar-refractivity contribution in [1.29, 1.82) is 0 Å². The molecule has 0 bridgehead atoms. The van der Waals surface area contributed by atoms with Crippen molar-refractivity contribution in [2.75, 3.05) is 26.2 Å². The molecule has 1 atom stereocenters. The fourth-order valence-corrected chi connectivity index (χ4v) is 6.00. The maximum Gasteiger partial charge on any atom is 0.195 e. The Bertz CT molecular complexity index is 1330. The summed E-state index contributed by atoms with van der Waals surface area (Å²) in [4.78, 5) is 17.0. The Morgan fingerprint density at radius 3 is 2.51 bits per heavy atom. The van der Waals surface area contributed by atoms with Crippen LogP contribution in [0.1, 0.15) is 35.7 Å². The summed E-state index contributed by atoms with van der Waals surface area (Å²) < 4.78 is 6.90. The molecule has 0 aliphatic carbocycles.